The van der Waals surface area contributed by atoms with E-state index in [1.807, 2.05) is 13.8 Å². The second kappa shape index (κ2) is 6.54. The first-order valence-corrected chi connectivity index (χ1v) is 5.58. The number of aliphatic hydroxyl groups excluding tert-OH is 2. The van der Waals surface area contributed by atoms with Gasteiger partial charge in [0.2, 0.25) is 0 Å². The number of aromatic nitrogens is 1. The molecule has 0 saturated carbocycles. The lowest BCUT2D eigenvalue weighted by Crippen LogP contribution is -2.35. The minimum absolute atomic E-state index is 0.0987. The van der Waals surface area contributed by atoms with Crippen LogP contribution in [0.3, 0.4) is 0 Å². The van der Waals surface area contributed by atoms with E-state index in [0.717, 1.165) is 22.6 Å². The van der Waals surface area contributed by atoms with E-state index in [2.05, 4.69) is 10.3 Å². The number of aliphatic hydroxyl groups is 2. The minimum Gasteiger partial charge on any atom is -0.496 e. The fraction of sp³-hybridized carbons (Fsp3) is 0.583. The minimum atomic E-state index is -0.316. The topological polar surface area (TPSA) is 74.6 Å². The van der Waals surface area contributed by atoms with Crippen LogP contribution in [0.1, 0.15) is 16.8 Å². The first kappa shape index (κ1) is 13.9. The maximum atomic E-state index is 8.95. The molecule has 1 heterocycles. The van der Waals surface area contributed by atoms with Crippen LogP contribution in [0.2, 0.25) is 0 Å². The molecule has 0 aromatic carbocycles. The van der Waals surface area contributed by atoms with Crippen LogP contribution in [0.25, 0.3) is 0 Å². The van der Waals surface area contributed by atoms with E-state index >= 15 is 0 Å². The zero-order valence-corrected chi connectivity index (χ0v) is 10.5. The molecular formula is C12H20N2O3. The van der Waals surface area contributed by atoms with Gasteiger partial charge in [-0.3, -0.25) is 4.98 Å². The summed E-state index contributed by atoms with van der Waals surface area (Å²) in [5.74, 6) is 0.835. The molecule has 0 amide bonds. The number of nitrogens with zero attached hydrogens (tertiary/aromatic N) is 1. The van der Waals surface area contributed by atoms with Gasteiger partial charge in [0.25, 0.3) is 0 Å². The Morgan fingerprint density at radius 3 is 2.53 bits per heavy atom. The molecule has 0 aliphatic rings. The highest BCUT2D eigenvalue weighted by molar-refractivity contribution is 5.40. The van der Waals surface area contributed by atoms with Crippen LogP contribution < -0.4 is 10.1 Å². The van der Waals surface area contributed by atoms with Crippen LogP contribution in [0, 0.1) is 13.8 Å². The molecule has 0 aliphatic heterocycles. The molecule has 0 bridgehead atoms. The molecule has 0 saturated heterocycles. The second-order valence-electron chi connectivity index (χ2n) is 3.99. The predicted octanol–water partition coefficient (Wildman–Crippen LogP) is 0.150. The second-order valence-corrected chi connectivity index (χ2v) is 3.99. The van der Waals surface area contributed by atoms with Crippen LogP contribution in [0.4, 0.5) is 0 Å². The molecular weight excluding hydrogens is 220 g/mol. The van der Waals surface area contributed by atoms with Gasteiger partial charge < -0.3 is 20.3 Å². The lowest BCUT2D eigenvalue weighted by Gasteiger charge is -2.16. The van der Waals surface area contributed by atoms with E-state index in [4.69, 9.17) is 14.9 Å². The van der Waals surface area contributed by atoms with Crippen molar-refractivity contribution >= 4 is 0 Å². The maximum Gasteiger partial charge on any atom is 0.128 e. The molecule has 0 aliphatic carbocycles. The first-order chi connectivity index (χ1) is 8.13. The summed E-state index contributed by atoms with van der Waals surface area (Å²) in [5, 5.41) is 20.9. The molecule has 0 unspecified atom stereocenters. The van der Waals surface area contributed by atoms with E-state index in [9.17, 15) is 0 Å². The van der Waals surface area contributed by atoms with E-state index in [1.54, 1.807) is 13.3 Å². The quantitative estimate of drug-likeness (QED) is 0.660. The van der Waals surface area contributed by atoms with Crippen LogP contribution in [0.5, 0.6) is 5.75 Å². The van der Waals surface area contributed by atoms with E-state index in [1.165, 1.54) is 0 Å². The summed E-state index contributed by atoms with van der Waals surface area (Å²) in [4.78, 5) is 4.32. The molecule has 1 aromatic heterocycles. The smallest absolute Gasteiger partial charge is 0.128 e. The van der Waals surface area contributed by atoms with Crippen molar-refractivity contribution < 1.29 is 14.9 Å². The molecule has 1 aromatic rings. The maximum absolute atomic E-state index is 8.95. The molecule has 3 N–H and O–H groups in total. The Labute approximate surface area is 101 Å². The van der Waals surface area contributed by atoms with Crippen molar-refractivity contribution in [3.8, 4) is 5.75 Å². The van der Waals surface area contributed by atoms with E-state index in [-0.39, 0.29) is 19.3 Å². The molecule has 17 heavy (non-hydrogen) atoms. The number of hydrogen-bond acceptors (Lipinski definition) is 5. The van der Waals surface area contributed by atoms with Gasteiger partial charge in [0.05, 0.1) is 32.1 Å². The molecule has 0 atom stereocenters. The average molecular weight is 240 g/mol. The Kier molecular flexibility index (Phi) is 5.34. The Hall–Kier alpha value is -1.17. The van der Waals surface area contributed by atoms with Gasteiger partial charge in [-0.25, -0.2) is 0 Å². The molecule has 96 valence electrons. The molecule has 0 spiro atoms. The lowest BCUT2D eigenvalue weighted by molar-refractivity contribution is 0.170. The van der Waals surface area contributed by atoms with E-state index in [0.29, 0.717) is 6.54 Å². The molecule has 0 radical (unpaired) electrons. The van der Waals surface area contributed by atoms with Crippen molar-refractivity contribution in [3.63, 3.8) is 0 Å². The van der Waals surface area contributed by atoms with Crippen molar-refractivity contribution in [2.75, 3.05) is 20.3 Å². The largest absolute Gasteiger partial charge is 0.496 e. The first-order valence-electron chi connectivity index (χ1n) is 5.58. The molecule has 5 heteroatoms. The van der Waals surface area contributed by atoms with Gasteiger partial charge >= 0.3 is 0 Å². The lowest BCUT2D eigenvalue weighted by atomic mass is 10.1. The van der Waals surface area contributed by atoms with Crippen LogP contribution in [-0.2, 0) is 6.54 Å². The standard InChI is InChI=1S/C12H20N2O3/c1-8-4-14-11(9(2)12(8)17-3)5-13-10(6-15)7-16/h4,10,13,15-16H,5-7H2,1-3H3. The van der Waals surface area contributed by atoms with Crippen molar-refractivity contribution in [1.82, 2.24) is 10.3 Å². The van der Waals surface area contributed by atoms with Crippen molar-refractivity contribution in [3.05, 3.63) is 23.0 Å². The zero-order valence-electron chi connectivity index (χ0n) is 10.5. The zero-order chi connectivity index (χ0) is 12.8. The number of nitrogens with one attached hydrogen (secondary N) is 1. The molecule has 1 rings (SSSR count). The molecule has 0 fully saturated rings. The van der Waals surface area contributed by atoms with Crippen LogP contribution >= 0.6 is 0 Å². The van der Waals surface area contributed by atoms with Gasteiger partial charge in [-0.15, -0.1) is 0 Å². The van der Waals surface area contributed by atoms with E-state index < -0.39 is 0 Å². The summed E-state index contributed by atoms with van der Waals surface area (Å²) >= 11 is 0. The summed E-state index contributed by atoms with van der Waals surface area (Å²) in [6.45, 7) is 4.19. The number of aryl methyl sites for hydroxylation is 1. The van der Waals surface area contributed by atoms with Gasteiger partial charge in [0.1, 0.15) is 5.75 Å². The number of methoxy groups -OCH3 is 1. The Morgan fingerprint density at radius 1 is 1.35 bits per heavy atom. The van der Waals surface area contributed by atoms with Crippen LogP contribution in [-0.4, -0.2) is 41.6 Å². The van der Waals surface area contributed by atoms with Crippen molar-refractivity contribution in [2.24, 2.45) is 0 Å². The highest BCUT2D eigenvalue weighted by Crippen LogP contribution is 2.23. The summed E-state index contributed by atoms with van der Waals surface area (Å²) in [5.41, 5.74) is 2.84. The normalized spacial score (nSPS) is 10.9. The summed E-state index contributed by atoms with van der Waals surface area (Å²) in [7, 11) is 1.64. The summed E-state index contributed by atoms with van der Waals surface area (Å²) in [6.07, 6.45) is 1.76. The third-order valence-electron chi connectivity index (χ3n) is 2.75. The third-order valence-corrected chi connectivity index (χ3v) is 2.75. The fourth-order valence-electron chi connectivity index (χ4n) is 1.68. The highest BCUT2D eigenvalue weighted by atomic mass is 16.5. The van der Waals surface area contributed by atoms with Crippen molar-refractivity contribution in [1.29, 1.82) is 0 Å². The summed E-state index contributed by atoms with van der Waals surface area (Å²) < 4.78 is 5.31. The van der Waals surface area contributed by atoms with Gasteiger partial charge in [0.15, 0.2) is 0 Å². The Bertz CT molecular complexity index is 365. The number of hydrogen-bond donors (Lipinski definition) is 3. The predicted molar refractivity (Wildman–Crippen MR) is 65.1 cm³/mol. The van der Waals surface area contributed by atoms with Gasteiger partial charge in [0, 0.05) is 23.9 Å². The van der Waals surface area contributed by atoms with Crippen molar-refractivity contribution in [2.45, 2.75) is 26.4 Å². The fourth-order valence-corrected chi connectivity index (χ4v) is 1.68. The number of rotatable bonds is 6. The Balaban J connectivity index is 2.78. The third kappa shape index (κ3) is 3.39. The van der Waals surface area contributed by atoms with Crippen LogP contribution in [0.15, 0.2) is 6.20 Å². The van der Waals surface area contributed by atoms with Gasteiger partial charge in [-0.05, 0) is 13.8 Å². The highest BCUT2D eigenvalue weighted by Gasteiger charge is 2.11. The SMILES string of the molecule is COc1c(C)cnc(CNC(CO)CO)c1C. The number of ether oxygens (including phenoxy) is 1. The van der Waals surface area contributed by atoms with Gasteiger partial charge in [-0.1, -0.05) is 0 Å². The van der Waals surface area contributed by atoms with Gasteiger partial charge in [-0.2, -0.15) is 0 Å². The average Bonchev–Trinajstić information content (AvgIpc) is 2.33. The summed E-state index contributed by atoms with van der Waals surface area (Å²) in [6, 6.07) is -0.316. The number of pyridine rings is 1. The Morgan fingerprint density at radius 2 is 2.00 bits per heavy atom. The monoisotopic (exact) mass is 240 g/mol. The molecule has 5 nitrogen and oxygen atoms in total.